The van der Waals surface area contributed by atoms with Crippen LogP contribution < -0.4 is 4.72 Å². The second kappa shape index (κ2) is 11.4. The summed E-state index contributed by atoms with van der Waals surface area (Å²) in [5.74, 6) is -0.541. The lowest BCUT2D eigenvalue weighted by molar-refractivity contribution is -0.147. The zero-order valence-corrected chi connectivity index (χ0v) is 25.4. The minimum absolute atomic E-state index is 0.129. The van der Waals surface area contributed by atoms with Crippen LogP contribution in [0.4, 0.5) is 13.2 Å². The quantitative estimate of drug-likeness (QED) is 0.244. The highest BCUT2D eigenvalue weighted by Crippen LogP contribution is 2.45. The summed E-state index contributed by atoms with van der Waals surface area (Å²) < 4.78 is 65.9. The highest BCUT2D eigenvalue weighted by Gasteiger charge is 2.39. The van der Waals surface area contributed by atoms with Crippen LogP contribution in [0.3, 0.4) is 0 Å². The molecule has 8 nitrogen and oxygen atoms in total. The zero-order chi connectivity index (χ0) is 29.6. The smallest absolute Gasteiger partial charge is 0.404 e. The van der Waals surface area contributed by atoms with E-state index in [2.05, 4.69) is 10.2 Å². The molecule has 1 aromatic carbocycles. The molecule has 2 N–H and O–H groups in total. The molecule has 1 aliphatic carbocycles. The summed E-state index contributed by atoms with van der Waals surface area (Å²) >= 11 is 15.3. The lowest BCUT2D eigenvalue weighted by Gasteiger charge is -2.24. The number of aromatic nitrogens is 3. The number of halogens is 5. The number of aliphatic carboxylic acids is 1. The number of hydrogen-bond acceptors (Lipinski definition) is 8. The minimum atomic E-state index is -4.79. The Hall–Kier alpha value is -1.84. The molecule has 1 unspecified atom stereocenters. The van der Waals surface area contributed by atoms with E-state index in [4.69, 9.17) is 28.2 Å². The number of rotatable bonds is 10. The third-order valence-corrected chi connectivity index (χ3v) is 11.4. The van der Waals surface area contributed by atoms with Crippen LogP contribution in [0.2, 0.25) is 10.0 Å². The standard InChI is InChI=1S/C24H25Cl2F3N4O4S3/c1-11(24(27,28)29)33-40(36,37)15-8-7-13(17(25)18(15)26)19-14(9-12-5-4-6-12)30-20(39-19)21-32-31-16(38-21)10-23(2,3)22(34)35/h7-8,11-12,33H,4-6,9-10H2,1-3H3,(H,34,35). The number of hydrogen-bond donors (Lipinski definition) is 2. The van der Waals surface area contributed by atoms with Gasteiger partial charge in [0.2, 0.25) is 10.0 Å². The SMILES string of the molecule is CC(NS(=O)(=O)c1ccc(-c2sc(-c3nnc(CC(C)(C)C(=O)O)s3)nc2CC2CCC2)c(Cl)c1Cl)C(F)(F)F. The number of sulfonamides is 1. The van der Waals surface area contributed by atoms with E-state index in [1.807, 2.05) is 0 Å². The van der Waals surface area contributed by atoms with E-state index in [0.717, 1.165) is 25.3 Å². The van der Waals surface area contributed by atoms with Crippen LogP contribution in [-0.2, 0) is 27.7 Å². The van der Waals surface area contributed by atoms with E-state index in [-0.39, 0.29) is 11.4 Å². The van der Waals surface area contributed by atoms with Crippen LogP contribution in [0, 0.1) is 11.3 Å². The van der Waals surface area contributed by atoms with Gasteiger partial charge in [-0.2, -0.15) is 17.9 Å². The number of benzene rings is 1. The topological polar surface area (TPSA) is 122 Å². The predicted octanol–water partition coefficient (Wildman–Crippen LogP) is 6.86. The number of carboxylic acids is 1. The normalized spacial score (nSPS) is 15.7. The average molecular weight is 658 g/mol. The van der Waals surface area contributed by atoms with Crippen molar-refractivity contribution in [3.8, 4) is 20.5 Å². The number of thiazole rings is 1. The average Bonchev–Trinajstić information content (AvgIpc) is 3.43. The van der Waals surface area contributed by atoms with Crippen LogP contribution in [0.25, 0.3) is 20.5 Å². The molecule has 2 aromatic heterocycles. The van der Waals surface area contributed by atoms with Crippen LogP contribution in [-0.4, -0.2) is 46.9 Å². The molecule has 1 saturated carbocycles. The fourth-order valence-electron chi connectivity index (χ4n) is 3.91. The molecule has 0 amide bonds. The van der Waals surface area contributed by atoms with Gasteiger partial charge in [-0.3, -0.25) is 4.79 Å². The summed E-state index contributed by atoms with van der Waals surface area (Å²) in [6.45, 7) is 3.89. The predicted molar refractivity (Wildman–Crippen MR) is 148 cm³/mol. The van der Waals surface area contributed by atoms with Crippen molar-refractivity contribution in [3.63, 3.8) is 0 Å². The first-order chi connectivity index (χ1) is 18.5. The summed E-state index contributed by atoms with van der Waals surface area (Å²) in [7, 11) is -4.63. The van der Waals surface area contributed by atoms with E-state index in [0.29, 0.717) is 50.4 Å². The molecule has 0 spiro atoms. The van der Waals surface area contributed by atoms with Gasteiger partial charge in [0.05, 0.1) is 26.0 Å². The van der Waals surface area contributed by atoms with Crippen LogP contribution in [0.1, 0.15) is 50.7 Å². The number of carbonyl (C=O) groups is 1. The van der Waals surface area contributed by atoms with E-state index >= 15 is 0 Å². The molecule has 0 saturated heterocycles. The van der Waals surface area contributed by atoms with Crippen molar-refractivity contribution in [1.29, 1.82) is 0 Å². The number of carboxylic acid groups (broad SMARTS) is 1. The zero-order valence-electron chi connectivity index (χ0n) is 21.5. The van der Waals surface area contributed by atoms with Gasteiger partial charge in [-0.25, -0.2) is 13.4 Å². The van der Waals surface area contributed by atoms with Crippen molar-refractivity contribution in [2.24, 2.45) is 11.3 Å². The van der Waals surface area contributed by atoms with Crippen LogP contribution in [0.15, 0.2) is 17.0 Å². The van der Waals surface area contributed by atoms with Gasteiger partial charge < -0.3 is 5.11 Å². The number of nitrogens with one attached hydrogen (secondary N) is 1. The van der Waals surface area contributed by atoms with E-state index < -0.39 is 43.5 Å². The third kappa shape index (κ3) is 6.62. The molecule has 2 heterocycles. The Labute approximate surface area is 247 Å². The summed E-state index contributed by atoms with van der Waals surface area (Å²) in [6.07, 6.45) is -0.776. The summed E-state index contributed by atoms with van der Waals surface area (Å²) in [4.78, 5) is 16.4. The maximum Gasteiger partial charge on any atom is 0.404 e. The van der Waals surface area contributed by atoms with Gasteiger partial charge >= 0.3 is 12.1 Å². The Balaban J connectivity index is 1.71. The highest BCUT2D eigenvalue weighted by atomic mass is 35.5. The van der Waals surface area contributed by atoms with E-state index in [9.17, 15) is 31.5 Å². The van der Waals surface area contributed by atoms with Gasteiger partial charge in [0, 0.05) is 12.0 Å². The molecule has 3 aromatic rings. The first-order valence-electron chi connectivity index (χ1n) is 12.1. The largest absolute Gasteiger partial charge is 0.481 e. The number of alkyl halides is 3. The van der Waals surface area contributed by atoms with Crippen molar-refractivity contribution in [3.05, 3.63) is 32.9 Å². The summed E-state index contributed by atoms with van der Waals surface area (Å²) in [6, 6.07) is 0.199. The fourth-order valence-corrected chi connectivity index (χ4v) is 8.26. The van der Waals surface area contributed by atoms with Gasteiger partial charge in [-0.1, -0.05) is 59.9 Å². The Kier molecular flexibility index (Phi) is 8.90. The Morgan fingerprint density at radius 1 is 1.15 bits per heavy atom. The lowest BCUT2D eigenvalue weighted by Crippen LogP contribution is -2.43. The van der Waals surface area contributed by atoms with E-state index in [1.54, 1.807) is 18.6 Å². The van der Waals surface area contributed by atoms with Crippen LogP contribution in [0.5, 0.6) is 0 Å². The molecule has 40 heavy (non-hydrogen) atoms. The molecule has 4 rings (SSSR count). The Morgan fingerprint density at radius 2 is 1.82 bits per heavy atom. The first-order valence-corrected chi connectivity index (χ1v) is 16.0. The Bertz CT molecular complexity index is 1540. The molecule has 0 aliphatic heterocycles. The maximum atomic E-state index is 13.0. The molecule has 0 radical (unpaired) electrons. The third-order valence-electron chi connectivity index (χ3n) is 6.63. The van der Waals surface area contributed by atoms with Crippen molar-refractivity contribution in [2.45, 2.75) is 70.0 Å². The molecule has 16 heteroatoms. The summed E-state index contributed by atoms with van der Waals surface area (Å²) in [5.41, 5.74) is 0.0771. The maximum absolute atomic E-state index is 13.0. The lowest BCUT2D eigenvalue weighted by atomic mass is 9.82. The first kappa shape index (κ1) is 31.1. The van der Waals surface area contributed by atoms with E-state index in [1.165, 1.54) is 28.7 Å². The molecule has 1 aliphatic rings. The number of nitrogens with zero attached hydrogens (tertiary/aromatic N) is 3. The molecular formula is C24H25Cl2F3N4O4S3. The monoisotopic (exact) mass is 656 g/mol. The molecular weight excluding hydrogens is 632 g/mol. The highest BCUT2D eigenvalue weighted by molar-refractivity contribution is 7.89. The Morgan fingerprint density at radius 3 is 2.40 bits per heavy atom. The fraction of sp³-hybridized carbons (Fsp3) is 0.500. The van der Waals surface area contributed by atoms with Gasteiger partial charge in [-0.15, -0.1) is 21.5 Å². The van der Waals surface area contributed by atoms with Crippen molar-refractivity contribution in [2.75, 3.05) is 0 Å². The van der Waals surface area contributed by atoms with Crippen molar-refractivity contribution < 1.29 is 31.5 Å². The van der Waals surface area contributed by atoms with Gasteiger partial charge in [0.25, 0.3) is 0 Å². The molecule has 1 fully saturated rings. The second-order valence-corrected chi connectivity index (χ2v) is 14.8. The summed E-state index contributed by atoms with van der Waals surface area (Å²) in [5, 5.41) is 18.8. The van der Waals surface area contributed by atoms with Gasteiger partial charge in [0.15, 0.2) is 10.0 Å². The minimum Gasteiger partial charge on any atom is -0.481 e. The second-order valence-electron chi connectivity index (χ2n) is 10.3. The van der Waals surface area contributed by atoms with Crippen LogP contribution >= 0.6 is 45.9 Å². The molecule has 218 valence electrons. The van der Waals surface area contributed by atoms with Crippen molar-refractivity contribution in [1.82, 2.24) is 19.9 Å². The molecule has 0 bridgehead atoms. The van der Waals surface area contributed by atoms with Gasteiger partial charge in [0.1, 0.15) is 15.9 Å². The van der Waals surface area contributed by atoms with Gasteiger partial charge in [-0.05, 0) is 39.2 Å². The van der Waals surface area contributed by atoms with Crippen molar-refractivity contribution >= 4 is 61.9 Å². The molecule has 1 atom stereocenters.